The van der Waals surface area contributed by atoms with Gasteiger partial charge in [0.05, 0.1) is 6.54 Å². The number of piperazine rings is 1. The van der Waals surface area contributed by atoms with Crippen LogP contribution >= 0.6 is 0 Å². The van der Waals surface area contributed by atoms with Gasteiger partial charge < -0.3 is 19.9 Å². The molecule has 3 N–H and O–H groups in total. The number of aromatic nitrogens is 1. The van der Waals surface area contributed by atoms with Crippen LogP contribution in [0.2, 0.25) is 0 Å². The van der Waals surface area contributed by atoms with Crippen LogP contribution in [0.15, 0.2) is 28.7 Å². The van der Waals surface area contributed by atoms with Crippen LogP contribution in [0.4, 0.5) is 26.3 Å². The van der Waals surface area contributed by atoms with E-state index in [2.05, 4.69) is 15.2 Å². The molecule has 0 unspecified atom stereocenters. The monoisotopic (exact) mass is 445 g/mol. The minimum absolute atomic E-state index is 0.816. The van der Waals surface area contributed by atoms with Gasteiger partial charge in [0.2, 0.25) is 5.89 Å². The third kappa shape index (κ3) is 9.09. The van der Waals surface area contributed by atoms with Crippen molar-refractivity contribution in [3.63, 3.8) is 0 Å². The van der Waals surface area contributed by atoms with E-state index in [0.717, 1.165) is 49.7 Å². The van der Waals surface area contributed by atoms with E-state index in [1.165, 1.54) is 0 Å². The van der Waals surface area contributed by atoms with E-state index in [1.54, 1.807) is 0 Å². The number of fused-ring (bicyclic) bond motifs is 1. The van der Waals surface area contributed by atoms with Gasteiger partial charge >= 0.3 is 24.3 Å². The van der Waals surface area contributed by atoms with Crippen LogP contribution in [-0.4, -0.2) is 70.6 Å². The van der Waals surface area contributed by atoms with Gasteiger partial charge in [0.15, 0.2) is 5.58 Å². The van der Waals surface area contributed by atoms with Crippen molar-refractivity contribution < 1.29 is 50.6 Å². The number of para-hydroxylation sites is 2. The van der Waals surface area contributed by atoms with Gasteiger partial charge in [-0.2, -0.15) is 26.3 Å². The molecule has 0 radical (unpaired) electrons. The molecule has 30 heavy (non-hydrogen) atoms. The van der Waals surface area contributed by atoms with Crippen LogP contribution in [0.5, 0.6) is 0 Å². The second-order valence-electron chi connectivity index (χ2n) is 5.71. The third-order valence-corrected chi connectivity index (χ3v) is 3.39. The Morgan fingerprint density at radius 3 is 1.90 bits per heavy atom. The van der Waals surface area contributed by atoms with Crippen molar-refractivity contribution in [3.8, 4) is 0 Å². The van der Waals surface area contributed by atoms with E-state index < -0.39 is 24.3 Å². The van der Waals surface area contributed by atoms with Crippen LogP contribution in [-0.2, 0) is 16.1 Å². The highest BCUT2D eigenvalue weighted by Crippen LogP contribution is 2.16. The zero-order valence-electron chi connectivity index (χ0n) is 15.1. The maximum Gasteiger partial charge on any atom is 0.490 e. The normalized spacial score (nSPS) is 14.9. The fourth-order valence-electron chi connectivity index (χ4n) is 2.05. The first kappa shape index (κ1) is 25.2. The second-order valence-corrected chi connectivity index (χ2v) is 5.71. The molecular formula is C16H17F6N3O5. The molecular weight excluding hydrogens is 428 g/mol. The minimum Gasteiger partial charge on any atom is -0.475 e. The first-order valence-corrected chi connectivity index (χ1v) is 8.18. The number of nitrogens with zero attached hydrogens (tertiary/aromatic N) is 2. The lowest BCUT2D eigenvalue weighted by molar-refractivity contribution is -0.193. The van der Waals surface area contributed by atoms with Gasteiger partial charge in [-0.05, 0) is 12.1 Å². The molecule has 0 atom stereocenters. The standard InChI is InChI=1S/C12H15N3O.2C2HF3O2/c1-2-4-11-10(3-1)14-12(16-11)9-15-7-5-13-6-8-15;2*3-2(4,5)1(6)7/h1-4,13H,5-9H2;2*(H,6,7). The molecule has 1 saturated heterocycles. The summed E-state index contributed by atoms with van der Waals surface area (Å²) in [5, 5.41) is 17.6. The molecule has 0 bridgehead atoms. The number of carbonyl (C=O) groups is 2. The van der Waals surface area contributed by atoms with E-state index in [1.807, 2.05) is 24.3 Å². The van der Waals surface area contributed by atoms with Crippen LogP contribution < -0.4 is 5.32 Å². The van der Waals surface area contributed by atoms with E-state index in [0.29, 0.717) is 0 Å². The van der Waals surface area contributed by atoms with E-state index in [-0.39, 0.29) is 0 Å². The summed E-state index contributed by atoms with van der Waals surface area (Å²) >= 11 is 0. The minimum atomic E-state index is -5.08. The molecule has 168 valence electrons. The molecule has 2 aromatic rings. The van der Waals surface area contributed by atoms with Crippen molar-refractivity contribution in [2.24, 2.45) is 0 Å². The molecule has 1 aromatic heterocycles. The SMILES string of the molecule is O=C(O)C(F)(F)F.O=C(O)C(F)(F)F.c1ccc2oc(CN3CCNCC3)nc2c1. The maximum atomic E-state index is 10.6. The number of hydrogen-bond acceptors (Lipinski definition) is 6. The number of rotatable bonds is 2. The number of oxazole rings is 1. The Kier molecular flexibility index (Phi) is 9.04. The Hall–Kier alpha value is -2.87. The predicted molar refractivity (Wildman–Crippen MR) is 89.5 cm³/mol. The molecule has 0 saturated carbocycles. The molecule has 8 nitrogen and oxygen atoms in total. The van der Waals surface area contributed by atoms with Gasteiger partial charge in [0.1, 0.15) is 5.52 Å². The largest absolute Gasteiger partial charge is 0.490 e. The summed E-state index contributed by atoms with van der Waals surface area (Å²) in [6, 6.07) is 7.91. The molecule has 0 aliphatic carbocycles. The number of carboxylic acid groups (broad SMARTS) is 2. The molecule has 14 heteroatoms. The fraction of sp³-hybridized carbons (Fsp3) is 0.438. The summed E-state index contributed by atoms with van der Waals surface area (Å²) in [5.74, 6) is -4.69. The van der Waals surface area contributed by atoms with Crippen LogP contribution in [0.25, 0.3) is 11.1 Å². The highest BCUT2D eigenvalue weighted by Gasteiger charge is 2.38. The summed E-state index contributed by atoms with van der Waals surface area (Å²) in [5.41, 5.74) is 1.83. The summed E-state index contributed by atoms with van der Waals surface area (Å²) in [6.07, 6.45) is -10.2. The Morgan fingerprint density at radius 1 is 1.00 bits per heavy atom. The number of nitrogens with one attached hydrogen (secondary N) is 1. The molecule has 1 fully saturated rings. The molecule has 1 aliphatic rings. The number of alkyl halides is 6. The van der Waals surface area contributed by atoms with Crippen molar-refractivity contribution in [1.82, 2.24) is 15.2 Å². The lowest BCUT2D eigenvalue weighted by Crippen LogP contribution is -2.42. The lowest BCUT2D eigenvalue weighted by Gasteiger charge is -2.25. The van der Waals surface area contributed by atoms with Crippen LogP contribution in [0.3, 0.4) is 0 Å². The molecule has 1 aliphatic heterocycles. The topological polar surface area (TPSA) is 116 Å². The summed E-state index contributed by atoms with van der Waals surface area (Å²) in [7, 11) is 0. The average Bonchev–Trinajstić information content (AvgIpc) is 3.04. The first-order valence-electron chi connectivity index (χ1n) is 8.18. The van der Waals surface area contributed by atoms with Crippen LogP contribution in [0.1, 0.15) is 5.89 Å². The zero-order chi connectivity index (χ0) is 22.9. The number of benzene rings is 1. The van der Waals surface area contributed by atoms with E-state index >= 15 is 0 Å². The Labute approximate surface area is 165 Å². The van der Waals surface area contributed by atoms with Gasteiger partial charge in [-0.25, -0.2) is 14.6 Å². The third-order valence-electron chi connectivity index (χ3n) is 3.39. The van der Waals surface area contributed by atoms with Crippen LogP contribution in [0, 0.1) is 0 Å². The van der Waals surface area contributed by atoms with Gasteiger partial charge in [0, 0.05) is 26.2 Å². The molecule has 2 heterocycles. The number of halogens is 6. The Morgan fingerprint density at radius 2 is 1.47 bits per heavy atom. The molecule has 1 aromatic carbocycles. The van der Waals surface area contributed by atoms with E-state index in [4.69, 9.17) is 24.2 Å². The fourth-order valence-corrected chi connectivity index (χ4v) is 2.05. The average molecular weight is 445 g/mol. The van der Waals surface area contributed by atoms with Gasteiger partial charge in [-0.3, -0.25) is 4.90 Å². The highest BCUT2D eigenvalue weighted by molar-refractivity contribution is 5.73. The maximum absolute atomic E-state index is 10.6. The van der Waals surface area contributed by atoms with Crippen molar-refractivity contribution in [2.75, 3.05) is 26.2 Å². The molecule has 0 amide bonds. The number of hydrogen-bond donors (Lipinski definition) is 3. The quantitative estimate of drug-likeness (QED) is 0.604. The second kappa shape index (κ2) is 10.8. The first-order chi connectivity index (χ1) is 13.8. The van der Waals surface area contributed by atoms with Gasteiger partial charge in [-0.15, -0.1) is 0 Å². The lowest BCUT2D eigenvalue weighted by atomic mass is 10.3. The van der Waals surface area contributed by atoms with Crippen molar-refractivity contribution >= 4 is 23.0 Å². The number of carboxylic acids is 2. The van der Waals surface area contributed by atoms with Crippen molar-refractivity contribution in [1.29, 1.82) is 0 Å². The molecule has 0 spiro atoms. The number of aliphatic carboxylic acids is 2. The summed E-state index contributed by atoms with van der Waals surface area (Å²) in [6.45, 7) is 5.06. The van der Waals surface area contributed by atoms with E-state index in [9.17, 15) is 26.3 Å². The van der Waals surface area contributed by atoms with Crippen molar-refractivity contribution in [2.45, 2.75) is 18.9 Å². The Bertz CT molecular complexity index is 774. The highest BCUT2D eigenvalue weighted by atomic mass is 19.4. The van der Waals surface area contributed by atoms with Crippen molar-refractivity contribution in [3.05, 3.63) is 30.2 Å². The predicted octanol–water partition coefficient (Wildman–Crippen LogP) is 2.50. The van der Waals surface area contributed by atoms with Gasteiger partial charge in [0.25, 0.3) is 0 Å². The summed E-state index contributed by atoms with van der Waals surface area (Å²) in [4.78, 5) is 24.6. The Balaban J connectivity index is 0.000000271. The summed E-state index contributed by atoms with van der Waals surface area (Å²) < 4.78 is 69.2. The molecule has 3 rings (SSSR count). The zero-order valence-corrected chi connectivity index (χ0v) is 15.1. The smallest absolute Gasteiger partial charge is 0.475 e. The van der Waals surface area contributed by atoms with Gasteiger partial charge in [-0.1, -0.05) is 12.1 Å².